The highest BCUT2D eigenvalue weighted by molar-refractivity contribution is 7.58. The van der Waals surface area contributed by atoms with E-state index in [2.05, 4.69) is 24.5 Å². The van der Waals surface area contributed by atoms with Crippen molar-refractivity contribution in [3.8, 4) is 0 Å². The molecule has 6 nitrogen and oxygen atoms in total. The molecule has 19 heavy (non-hydrogen) atoms. The summed E-state index contributed by atoms with van der Waals surface area (Å²) in [6.07, 6.45) is 0.912. The quantitative estimate of drug-likeness (QED) is 0.351. The summed E-state index contributed by atoms with van der Waals surface area (Å²) in [6.45, 7) is 2.67. The molecule has 9 heteroatoms. The normalized spacial score (nSPS) is 13.2. The predicted octanol–water partition coefficient (Wildman–Crippen LogP) is 3.36. The van der Waals surface area contributed by atoms with Crippen molar-refractivity contribution in [3.63, 3.8) is 0 Å². The minimum absolute atomic E-state index is 0.417. The second-order valence-electron chi connectivity index (χ2n) is 3.68. The van der Waals surface area contributed by atoms with Crippen LogP contribution in [-0.2, 0) is 11.4 Å². The van der Waals surface area contributed by atoms with Gasteiger partial charge in [-0.1, -0.05) is 30.1 Å². The van der Waals surface area contributed by atoms with Gasteiger partial charge in [-0.05, 0) is 12.5 Å². The number of anilines is 1. The molecular weight excluding hydrogens is 307 g/mol. The van der Waals surface area contributed by atoms with Crippen molar-refractivity contribution in [2.24, 2.45) is 19.6 Å². The summed E-state index contributed by atoms with van der Waals surface area (Å²) < 4.78 is 8.31. The first-order chi connectivity index (χ1) is 9.17. The lowest BCUT2D eigenvalue weighted by Crippen LogP contribution is -2.36. The van der Waals surface area contributed by atoms with Crippen molar-refractivity contribution in [2.75, 3.05) is 11.9 Å². The Hall–Kier alpha value is -1.15. The van der Waals surface area contributed by atoms with Crippen LogP contribution in [0.5, 0.6) is 0 Å². The lowest BCUT2D eigenvalue weighted by Gasteiger charge is -2.13. The number of benzene rings is 1. The summed E-state index contributed by atoms with van der Waals surface area (Å²) in [5.41, 5.74) is 4.27. The van der Waals surface area contributed by atoms with Gasteiger partial charge in [0.15, 0.2) is 0 Å². The molecule has 0 aliphatic carbocycles. The molecule has 2 rings (SSSR count). The molecule has 0 bridgehead atoms. The van der Waals surface area contributed by atoms with Crippen molar-refractivity contribution in [3.05, 3.63) is 16.1 Å². The molecule has 0 amide bonds. The van der Waals surface area contributed by atoms with Crippen molar-refractivity contribution in [2.45, 2.75) is 13.3 Å². The molecule has 0 atom stereocenters. The topological polar surface area (TPSA) is 87.2 Å². The van der Waals surface area contributed by atoms with E-state index in [9.17, 15) is 0 Å². The minimum atomic E-state index is 0.417. The molecule has 1 aliphatic rings. The summed E-state index contributed by atoms with van der Waals surface area (Å²) in [6, 6.07) is 1.61. The van der Waals surface area contributed by atoms with Crippen LogP contribution in [-0.4, -0.2) is 12.5 Å². The third kappa shape index (κ3) is 3.06. The number of nitrogens with one attached hydrogen (secondary N) is 2. The number of hydrazine groups is 1. The minimum Gasteiger partial charge on any atom is -0.322 e. The zero-order chi connectivity index (χ0) is 13.8. The first-order valence-corrected chi connectivity index (χ1v) is 7.04. The maximum Gasteiger partial charge on any atom is 0.210 e. The molecule has 1 aromatic carbocycles. The fourth-order valence-corrected chi connectivity index (χ4v) is 2.62. The van der Waals surface area contributed by atoms with Crippen LogP contribution in [0.3, 0.4) is 0 Å². The Morgan fingerprint density at radius 2 is 2.11 bits per heavy atom. The van der Waals surface area contributed by atoms with Gasteiger partial charge in [0.1, 0.15) is 11.4 Å². The van der Waals surface area contributed by atoms with Crippen LogP contribution in [0.25, 0.3) is 0 Å². The Bertz CT molecular complexity index is 594. The molecule has 0 radical (unpaired) electrons. The summed E-state index contributed by atoms with van der Waals surface area (Å²) in [5.74, 6) is 5.83. The fourth-order valence-electron chi connectivity index (χ4n) is 1.46. The SMILES string of the molecule is CCCN=C(NN)Nc1c(Cl)cc(Cl)c2c1N=S=N2. The van der Waals surface area contributed by atoms with Crippen LogP contribution in [0.1, 0.15) is 13.3 Å². The maximum atomic E-state index is 6.17. The van der Waals surface area contributed by atoms with Gasteiger partial charge in [-0.2, -0.15) is 8.73 Å². The van der Waals surface area contributed by atoms with E-state index in [4.69, 9.17) is 29.0 Å². The number of halogens is 2. The van der Waals surface area contributed by atoms with Crippen LogP contribution < -0.4 is 16.6 Å². The Balaban J connectivity index is 2.36. The lowest BCUT2D eigenvalue weighted by molar-refractivity contribution is 0.905. The smallest absolute Gasteiger partial charge is 0.210 e. The van der Waals surface area contributed by atoms with Gasteiger partial charge in [-0.3, -0.25) is 10.4 Å². The molecule has 1 aliphatic heterocycles. The van der Waals surface area contributed by atoms with Crippen molar-refractivity contribution in [1.29, 1.82) is 0 Å². The monoisotopic (exact) mass is 318 g/mol. The van der Waals surface area contributed by atoms with Crippen LogP contribution >= 0.6 is 23.2 Å². The van der Waals surface area contributed by atoms with Gasteiger partial charge >= 0.3 is 0 Å². The van der Waals surface area contributed by atoms with E-state index in [-0.39, 0.29) is 0 Å². The Kier molecular flexibility index (Phi) is 4.76. The maximum absolute atomic E-state index is 6.17. The van der Waals surface area contributed by atoms with Crippen molar-refractivity contribution in [1.82, 2.24) is 5.43 Å². The standard InChI is InChI=1S/C10H12Cl2N6S/c1-2-3-14-10(16-13)15-7-5(11)4-6(12)8-9(7)18-19-17-8/h4H,2-3,13H2,1H3,(H2,14,15,16). The van der Waals surface area contributed by atoms with E-state index in [1.807, 2.05) is 6.92 Å². The number of fused-ring (bicyclic) bond motifs is 1. The van der Waals surface area contributed by atoms with Gasteiger partial charge in [-0.25, -0.2) is 5.84 Å². The van der Waals surface area contributed by atoms with E-state index in [0.717, 1.165) is 17.8 Å². The van der Waals surface area contributed by atoms with Gasteiger partial charge in [-0.15, -0.1) is 0 Å². The second kappa shape index (κ2) is 6.33. The summed E-state index contributed by atoms with van der Waals surface area (Å²) in [4.78, 5) is 4.24. The van der Waals surface area contributed by atoms with Crippen LogP contribution in [0.2, 0.25) is 10.0 Å². The molecular formula is C10H12Cl2N6S. The molecule has 1 heterocycles. The third-order valence-corrected chi connectivity index (χ3v) is 3.43. The molecule has 0 saturated heterocycles. The molecule has 102 valence electrons. The molecule has 4 N–H and O–H groups in total. The molecule has 0 aromatic heterocycles. The average molecular weight is 319 g/mol. The van der Waals surface area contributed by atoms with Gasteiger partial charge < -0.3 is 5.32 Å². The lowest BCUT2D eigenvalue weighted by atomic mass is 10.2. The van der Waals surface area contributed by atoms with E-state index < -0.39 is 0 Å². The van der Waals surface area contributed by atoms with E-state index >= 15 is 0 Å². The van der Waals surface area contributed by atoms with Crippen molar-refractivity contribution >= 4 is 57.6 Å². The van der Waals surface area contributed by atoms with E-state index in [1.54, 1.807) is 6.07 Å². The number of rotatable bonds is 3. The highest BCUT2D eigenvalue weighted by Gasteiger charge is 2.19. The average Bonchev–Trinajstić information content (AvgIpc) is 2.87. The second-order valence-corrected chi connectivity index (χ2v) is 5.02. The fraction of sp³-hybridized carbons (Fsp3) is 0.300. The van der Waals surface area contributed by atoms with Gasteiger partial charge in [0.05, 0.1) is 27.1 Å². The predicted molar refractivity (Wildman–Crippen MR) is 81.5 cm³/mol. The number of nitrogens with zero attached hydrogens (tertiary/aromatic N) is 3. The largest absolute Gasteiger partial charge is 0.322 e. The molecule has 1 aromatic rings. The van der Waals surface area contributed by atoms with Crippen molar-refractivity contribution < 1.29 is 0 Å². The highest BCUT2D eigenvalue weighted by atomic mass is 35.5. The number of aliphatic imine (C=N–C) groups is 1. The first kappa shape index (κ1) is 14.3. The number of hydrogen-bond acceptors (Lipinski definition) is 4. The van der Waals surface area contributed by atoms with Gasteiger partial charge in [0.25, 0.3) is 0 Å². The zero-order valence-corrected chi connectivity index (χ0v) is 12.4. The highest BCUT2D eigenvalue weighted by Crippen LogP contribution is 2.47. The molecule has 0 fully saturated rings. The van der Waals surface area contributed by atoms with Crippen LogP contribution in [0.15, 0.2) is 19.8 Å². The van der Waals surface area contributed by atoms with Gasteiger partial charge in [0.2, 0.25) is 5.96 Å². The first-order valence-electron chi connectivity index (χ1n) is 5.55. The number of hydrogen-bond donors (Lipinski definition) is 3. The number of guanidine groups is 1. The molecule has 0 unspecified atom stereocenters. The summed E-state index contributed by atoms with van der Waals surface area (Å²) >= 11 is 13.3. The Morgan fingerprint density at radius 1 is 1.37 bits per heavy atom. The van der Waals surface area contributed by atoms with Crippen LogP contribution in [0, 0.1) is 0 Å². The Labute approximate surface area is 124 Å². The molecule has 0 spiro atoms. The third-order valence-electron chi connectivity index (χ3n) is 2.32. The molecule has 0 saturated carbocycles. The van der Waals surface area contributed by atoms with Crippen LogP contribution in [0.4, 0.5) is 17.1 Å². The zero-order valence-electron chi connectivity index (χ0n) is 10.1. The van der Waals surface area contributed by atoms with E-state index in [0.29, 0.717) is 39.6 Å². The summed E-state index contributed by atoms with van der Waals surface area (Å²) in [7, 11) is 0. The Morgan fingerprint density at radius 3 is 2.79 bits per heavy atom. The van der Waals surface area contributed by atoms with Gasteiger partial charge in [0, 0.05) is 6.54 Å². The number of nitrogens with two attached hydrogens (primary N) is 1. The summed E-state index contributed by atoms with van der Waals surface area (Å²) in [5, 5.41) is 3.92. The van der Waals surface area contributed by atoms with E-state index in [1.165, 1.54) is 0 Å².